The lowest BCUT2D eigenvalue weighted by molar-refractivity contribution is 0.262. The number of thioether (sulfide) groups is 1. The van der Waals surface area contributed by atoms with Crippen molar-refractivity contribution in [3.8, 4) is 11.5 Å². The van der Waals surface area contributed by atoms with Crippen LogP contribution in [0.4, 0.5) is 16.2 Å². The van der Waals surface area contributed by atoms with Crippen molar-refractivity contribution in [1.82, 2.24) is 9.38 Å². The van der Waals surface area contributed by atoms with Gasteiger partial charge in [0.2, 0.25) is 0 Å². The molecule has 174 valence electrons. The van der Waals surface area contributed by atoms with Gasteiger partial charge in [0.25, 0.3) is 5.56 Å². The Bertz CT molecular complexity index is 1390. The van der Waals surface area contributed by atoms with Gasteiger partial charge in [0.05, 0.1) is 30.6 Å². The number of methoxy groups -OCH3 is 2. The van der Waals surface area contributed by atoms with Crippen LogP contribution in [0.15, 0.2) is 76.6 Å². The number of aromatic nitrogens is 2. The van der Waals surface area contributed by atoms with Gasteiger partial charge in [-0.2, -0.15) is 0 Å². The highest BCUT2D eigenvalue weighted by atomic mass is 35.5. The Kier molecular flexibility index (Phi) is 7.24. The fraction of sp³-hybridized carbons (Fsp3) is 0.125. The molecule has 0 fully saturated rings. The number of ether oxygens (including phenoxy) is 2. The van der Waals surface area contributed by atoms with Crippen LogP contribution in [0.25, 0.3) is 5.65 Å². The van der Waals surface area contributed by atoms with Crippen molar-refractivity contribution in [1.29, 1.82) is 0 Å². The number of urea groups is 1. The highest BCUT2D eigenvalue weighted by Crippen LogP contribution is 2.30. The topological polar surface area (TPSA) is 94.0 Å². The molecular weight excluding hydrogens is 476 g/mol. The van der Waals surface area contributed by atoms with Crippen LogP contribution in [0.5, 0.6) is 11.5 Å². The van der Waals surface area contributed by atoms with Crippen LogP contribution in [0.2, 0.25) is 5.02 Å². The Balaban J connectivity index is 1.47. The van der Waals surface area contributed by atoms with E-state index in [0.717, 1.165) is 4.90 Å². The van der Waals surface area contributed by atoms with Gasteiger partial charge in [0.15, 0.2) is 0 Å². The number of amides is 2. The lowest BCUT2D eigenvalue weighted by atomic mass is 10.2. The van der Waals surface area contributed by atoms with Crippen LogP contribution in [0.3, 0.4) is 0 Å². The molecule has 10 heteroatoms. The van der Waals surface area contributed by atoms with Gasteiger partial charge in [-0.1, -0.05) is 23.7 Å². The number of halogens is 1. The second kappa shape index (κ2) is 10.5. The fourth-order valence-electron chi connectivity index (χ4n) is 3.21. The minimum Gasteiger partial charge on any atom is -0.497 e. The molecule has 2 aromatic heterocycles. The van der Waals surface area contributed by atoms with Crippen LogP contribution in [0, 0.1) is 0 Å². The number of carbonyl (C=O) groups is 1. The summed E-state index contributed by atoms with van der Waals surface area (Å²) in [6.45, 7) is 0. The van der Waals surface area contributed by atoms with Crippen molar-refractivity contribution in [3.63, 3.8) is 0 Å². The molecule has 0 aliphatic rings. The molecule has 2 N–H and O–H groups in total. The Morgan fingerprint density at radius 1 is 1.03 bits per heavy atom. The first-order chi connectivity index (χ1) is 16.4. The second-order valence-corrected chi connectivity index (χ2v) is 8.58. The van der Waals surface area contributed by atoms with Gasteiger partial charge in [0.1, 0.15) is 17.1 Å². The van der Waals surface area contributed by atoms with Crippen molar-refractivity contribution < 1.29 is 14.3 Å². The molecule has 8 nitrogen and oxygen atoms in total. The number of para-hydroxylation sites is 1. The van der Waals surface area contributed by atoms with Crippen molar-refractivity contribution >= 4 is 46.4 Å². The van der Waals surface area contributed by atoms with E-state index in [2.05, 4.69) is 15.6 Å². The molecule has 0 radical (unpaired) electrons. The molecule has 4 rings (SSSR count). The minimum absolute atomic E-state index is 0.206. The van der Waals surface area contributed by atoms with Crippen molar-refractivity contribution in [2.24, 2.45) is 0 Å². The third-order valence-corrected chi connectivity index (χ3v) is 6.13. The number of hydrogen-bond acceptors (Lipinski definition) is 6. The average Bonchev–Trinajstić information content (AvgIpc) is 2.83. The van der Waals surface area contributed by atoms with Gasteiger partial charge in [0, 0.05) is 46.8 Å². The number of hydrogen-bond donors (Lipinski definition) is 2. The molecule has 0 unspecified atom stereocenters. The Morgan fingerprint density at radius 3 is 2.50 bits per heavy atom. The van der Waals surface area contributed by atoms with Gasteiger partial charge >= 0.3 is 6.03 Å². The smallest absolute Gasteiger partial charge is 0.323 e. The van der Waals surface area contributed by atoms with Crippen molar-refractivity contribution in [2.45, 2.75) is 10.6 Å². The SMILES string of the molecule is COc1cc(NC(=O)Nc2ccccc2SCc2cc(=O)n3cc(Cl)ccc3n2)cc(OC)c1. The molecule has 0 saturated carbocycles. The van der Waals surface area contributed by atoms with Gasteiger partial charge in [-0.15, -0.1) is 11.8 Å². The fourth-order valence-corrected chi connectivity index (χ4v) is 4.27. The van der Waals surface area contributed by atoms with Crippen LogP contribution in [0.1, 0.15) is 5.69 Å². The Labute approximate surface area is 204 Å². The quantitative estimate of drug-likeness (QED) is 0.337. The summed E-state index contributed by atoms with van der Waals surface area (Å²) >= 11 is 7.43. The molecule has 0 atom stereocenters. The summed E-state index contributed by atoms with van der Waals surface area (Å²) in [7, 11) is 3.08. The molecule has 4 aromatic rings. The number of anilines is 2. The molecule has 0 bridgehead atoms. The molecule has 0 spiro atoms. The first kappa shape index (κ1) is 23.5. The summed E-state index contributed by atoms with van der Waals surface area (Å²) in [5.74, 6) is 1.57. The van der Waals surface area contributed by atoms with Gasteiger partial charge < -0.3 is 20.1 Å². The molecule has 0 saturated heterocycles. The maximum Gasteiger partial charge on any atom is 0.323 e. The maximum absolute atomic E-state index is 12.6. The number of nitrogens with zero attached hydrogens (tertiary/aromatic N) is 2. The summed E-state index contributed by atoms with van der Waals surface area (Å²) in [5.41, 5.74) is 2.10. The van der Waals surface area contributed by atoms with E-state index in [4.69, 9.17) is 21.1 Å². The van der Waals surface area contributed by atoms with Gasteiger partial charge in [-0.05, 0) is 24.3 Å². The summed E-state index contributed by atoms with van der Waals surface area (Å²) in [5, 5.41) is 6.11. The zero-order valence-electron chi connectivity index (χ0n) is 18.4. The highest BCUT2D eigenvalue weighted by molar-refractivity contribution is 7.98. The minimum atomic E-state index is -0.415. The zero-order chi connectivity index (χ0) is 24.1. The standard InChI is InChI=1S/C24H21ClN4O4S/c1-32-18-9-16(10-19(12-18)33-2)27-24(31)28-20-5-3-4-6-21(20)34-14-17-11-23(30)29-13-15(25)7-8-22(29)26-17/h3-13H,14H2,1-2H3,(H2,27,28,31). The highest BCUT2D eigenvalue weighted by Gasteiger charge is 2.11. The number of nitrogens with one attached hydrogen (secondary N) is 2. The molecule has 0 aliphatic heterocycles. The van der Waals surface area contributed by atoms with E-state index in [-0.39, 0.29) is 5.56 Å². The number of benzene rings is 2. The van der Waals surface area contributed by atoms with E-state index in [1.54, 1.807) is 56.8 Å². The third-order valence-electron chi connectivity index (χ3n) is 4.80. The van der Waals surface area contributed by atoms with E-state index in [1.807, 2.05) is 18.2 Å². The lowest BCUT2D eigenvalue weighted by Crippen LogP contribution is -2.20. The average molecular weight is 497 g/mol. The van der Waals surface area contributed by atoms with Crippen molar-refractivity contribution in [2.75, 3.05) is 24.9 Å². The summed E-state index contributed by atoms with van der Waals surface area (Å²) in [6.07, 6.45) is 1.54. The predicted octanol–water partition coefficient (Wildman–Crippen LogP) is 5.30. The molecule has 0 aliphatic carbocycles. The Hall–Kier alpha value is -3.69. The van der Waals surface area contributed by atoms with E-state index < -0.39 is 6.03 Å². The molecule has 34 heavy (non-hydrogen) atoms. The molecule has 2 amide bonds. The van der Waals surface area contributed by atoms with Gasteiger partial charge in [-0.25, -0.2) is 9.78 Å². The van der Waals surface area contributed by atoms with E-state index in [9.17, 15) is 9.59 Å². The maximum atomic E-state index is 12.6. The van der Waals surface area contributed by atoms with Gasteiger partial charge in [-0.3, -0.25) is 9.20 Å². The van der Waals surface area contributed by atoms with Crippen LogP contribution >= 0.6 is 23.4 Å². The second-order valence-electron chi connectivity index (χ2n) is 7.13. The largest absolute Gasteiger partial charge is 0.497 e. The predicted molar refractivity (Wildman–Crippen MR) is 135 cm³/mol. The third kappa shape index (κ3) is 5.62. The molecule has 2 aromatic carbocycles. The first-order valence-electron chi connectivity index (χ1n) is 10.2. The number of fused-ring (bicyclic) bond motifs is 1. The first-order valence-corrected chi connectivity index (χ1v) is 11.5. The molecular formula is C24H21ClN4O4S. The Morgan fingerprint density at radius 2 is 1.76 bits per heavy atom. The summed E-state index contributed by atoms with van der Waals surface area (Å²) in [6, 6.07) is 17.0. The van der Waals surface area contributed by atoms with E-state index >= 15 is 0 Å². The van der Waals surface area contributed by atoms with E-state index in [0.29, 0.717) is 45.0 Å². The monoisotopic (exact) mass is 496 g/mol. The molecule has 2 heterocycles. The summed E-state index contributed by atoms with van der Waals surface area (Å²) in [4.78, 5) is 30.4. The normalized spacial score (nSPS) is 10.7. The van der Waals surface area contributed by atoms with E-state index in [1.165, 1.54) is 22.2 Å². The number of carbonyl (C=O) groups excluding carboxylic acids is 1. The number of pyridine rings is 1. The van der Waals surface area contributed by atoms with Crippen LogP contribution in [-0.4, -0.2) is 29.6 Å². The number of rotatable bonds is 7. The van der Waals surface area contributed by atoms with Crippen molar-refractivity contribution in [3.05, 3.63) is 87.9 Å². The van der Waals surface area contributed by atoms with Crippen LogP contribution in [-0.2, 0) is 5.75 Å². The van der Waals surface area contributed by atoms with Crippen LogP contribution < -0.4 is 25.7 Å². The lowest BCUT2D eigenvalue weighted by Gasteiger charge is -2.13. The zero-order valence-corrected chi connectivity index (χ0v) is 19.9. The summed E-state index contributed by atoms with van der Waals surface area (Å²) < 4.78 is 11.9.